The van der Waals surface area contributed by atoms with E-state index in [1.54, 1.807) is 0 Å². The molecule has 1 amide bonds. The lowest BCUT2D eigenvalue weighted by Crippen LogP contribution is -2.54. The van der Waals surface area contributed by atoms with E-state index in [4.69, 9.17) is 0 Å². The van der Waals surface area contributed by atoms with Crippen molar-refractivity contribution in [1.29, 1.82) is 0 Å². The minimum Gasteiger partial charge on any atom is -0.344 e. The van der Waals surface area contributed by atoms with Crippen LogP contribution in [0, 0.1) is 5.41 Å². The molecule has 0 saturated heterocycles. The number of nitrogens with one attached hydrogen (secondary N) is 1. The van der Waals surface area contributed by atoms with Gasteiger partial charge in [-0.05, 0) is 32.2 Å². The van der Waals surface area contributed by atoms with Crippen LogP contribution in [0.1, 0.15) is 47.5 Å². The fraction of sp³-hybridized carbons (Fsp3) is 0.923. The smallest absolute Gasteiger partial charge is 0.242 e. The molecule has 0 aliphatic rings. The first kappa shape index (κ1) is 15.4. The lowest BCUT2D eigenvalue weighted by Gasteiger charge is -2.35. The second-order valence-corrected chi connectivity index (χ2v) is 5.61. The molecule has 0 aromatic rings. The summed E-state index contributed by atoms with van der Waals surface area (Å²) in [5, 5.41) is 3.12. The molecule has 0 aromatic heterocycles. The van der Waals surface area contributed by atoms with Crippen LogP contribution in [0.5, 0.6) is 0 Å². The van der Waals surface area contributed by atoms with E-state index >= 15 is 0 Å². The molecule has 16 heavy (non-hydrogen) atoms. The van der Waals surface area contributed by atoms with Crippen LogP contribution in [-0.4, -0.2) is 37.0 Å². The number of hydrogen-bond donors (Lipinski definition) is 1. The van der Waals surface area contributed by atoms with Crippen LogP contribution in [0.2, 0.25) is 0 Å². The third kappa shape index (κ3) is 3.78. The first-order valence-corrected chi connectivity index (χ1v) is 6.17. The van der Waals surface area contributed by atoms with Crippen molar-refractivity contribution >= 4 is 5.91 Å². The quantitative estimate of drug-likeness (QED) is 0.756. The van der Waals surface area contributed by atoms with E-state index in [1.165, 1.54) is 0 Å². The highest BCUT2D eigenvalue weighted by molar-refractivity contribution is 5.85. The Morgan fingerprint density at radius 1 is 1.19 bits per heavy atom. The van der Waals surface area contributed by atoms with Gasteiger partial charge in [0.15, 0.2) is 0 Å². The normalized spacial score (nSPS) is 15.7. The molecule has 0 radical (unpaired) electrons. The van der Waals surface area contributed by atoms with Crippen molar-refractivity contribution in [2.24, 2.45) is 5.41 Å². The third-order valence-corrected chi connectivity index (χ3v) is 3.70. The maximum absolute atomic E-state index is 12.3. The highest BCUT2D eigenvalue weighted by Gasteiger charge is 2.33. The van der Waals surface area contributed by atoms with Gasteiger partial charge in [-0.15, -0.1) is 0 Å². The largest absolute Gasteiger partial charge is 0.344 e. The molecule has 0 spiro atoms. The Morgan fingerprint density at radius 3 is 2.00 bits per heavy atom. The summed E-state index contributed by atoms with van der Waals surface area (Å²) in [6.45, 7) is 11.4. The molecule has 0 fully saturated rings. The molecule has 1 atom stereocenters. The highest BCUT2D eigenvalue weighted by atomic mass is 16.2. The van der Waals surface area contributed by atoms with Crippen LogP contribution in [0.15, 0.2) is 0 Å². The van der Waals surface area contributed by atoms with Crippen molar-refractivity contribution < 1.29 is 4.79 Å². The standard InChI is InChI=1S/C13H28N2O/c1-8-12(3,4)10-15(7)11(16)13(5,9-2)14-6/h14H,8-10H2,1-7H3. The topological polar surface area (TPSA) is 32.3 Å². The molecule has 0 bridgehead atoms. The molecule has 1 unspecified atom stereocenters. The Morgan fingerprint density at radius 2 is 1.69 bits per heavy atom. The molecular weight excluding hydrogens is 200 g/mol. The first-order valence-electron chi connectivity index (χ1n) is 6.17. The Bertz CT molecular complexity index is 232. The summed E-state index contributed by atoms with van der Waals surface area (Å²) in [6.07, 6.45) is 1.88. The van der Waals surface area contributed by atoms with Gasteiger partial charge in [0.1, 0.15) is 0 Å². The predicted molar refractivity (Wildman–Crippen MR) is 69.5 cm³/mol. The number of hydrogen-bond acceptors (Lipinski definition) is 2. The highest BCUT2D eigenvalue weighted by Crippen LogP contribution is 2.22. The van der Waals surface area contributed by atoms with Crippen LogP contribution < -0.4 is 5.32 Å². The van der Waals surface area contributed by atoms with E-state index in [0.29, 0.717) is 0 Å². The van der Waals surface area contributed by atoms with Crippen LogP contribution in [0.4, 0.5) is 0 Å². The lowest BCUT2D eigenvalue weighted by molar-refractivity contribution is -0.137. The average Bonchev–Trinajstić information content (AvgIpc) is 2.26. The van der Waals surface area contributed by atoms with Crippen molar-refractivity contribution in [3.8, 4) is 0 Å². The first-order chi connectivity index (χ1) is 7.22. The maximum Gasteiger partial charge on any atom is 0.242 e. The van der Waals surface area contributed by atoms with Gasteiger partial charge in [-0.25, -0.2) is 0 Å². The van der Waals surface area contributed by atoms with E-state index in [0.717, 1.165) is 19.4 Å². The summed E-state index contributed by atoms with van der Waals surface area (Å²) in [6, 6.07) is 0. The summed E-state index contributed by atoms with van der Waals surface area (Å²) < 4.78 is 0. The molecule has 0 rings (SSSR count). The number of carbonyl (C=O) groups is 1. The minimum atomic E-state index is -0.432. The van der Waals surface area contributed by atoms with E-state index in [9.17, 15) is 4.79 Å². The summed E-state index contributed by atoms with van der Waals surface area (Å²) in [7, 11) is 3.74. The number of likely N-dealkylation sites (N-methyl/N-ethyl adjacent to an activating group) is 2. The van der Waals surface area contributed by atoms with E-state index < -0.39 is 5.54 Å². The number of amides is 1. The van der Waals surface area contributed by atoms with Gasteiger partial charge in [0.05, 0.1) is 5.54 Å². The molecule has 0 aromatic carbocycles. The fourth-order valence-electron chi connectivity index (χ4n) is 1.68. The lowest BCUT2D eigenvalue weighted by atomic mass is 9.88. The van der Waals surface area contributed by atoms with Crippen molar-refractivity contribution in [1.82, 2.24) is 10.2 Å². The molecule has 0 aliphatic heterocycles. The Labute approximate surface area is 101 Å². The van der Waals surface area contributed by atoms with Gasteiger partial charge in [0.2, 0.25) is 5.91 Å². The molecule has 1 N–H and O–H groups in total. The van der Waals surface area contributed by atoms with Crippen LogP contribution in [0.3, 0.4) is 0 Å². The van der Waals surface area contributed by atoms with Gasteiger partial charge in [0.25, 0.3) is 0 Å². The number of nitrogens with zero attached hydrogens (tertiary/aromatic N) is 1. The summed E-state index contributed by atoms with van der Waals surface area (Å²) in [5.41, 5.74) is -0.245. The van der Waals surface area contributed by atoms with E-state index in [2.05, 4.69) is 26.1 Å². The Kier molecular flexibility index (Phi) is 5.47. The molecule has 0 aliphatic carbocycles. The van der Waals surface area contributed by atoms with Gasteiger partial charge in [0, 0.05) is 13.6 Å². The zero-order valence-corrected chi connectivity index (χ0v) is 12.0. The van der Waals surface area contributed by atoms with Crippen LogP contribution in [-0.2, 0) is 4.79 Å². The van der Waals surface area contributed by atoms with E-state index in [1.807, 2.05) is 32.8 Å². The molecule has 96 valence electrons. The summed E-state index contributed by atoms with van der Waals surface area (Å²) in [5.74, 6) is 0.180. The minimum absolute atomic E-state index is 0.180. The van der Waals surface area contributed by atoms with Crippen molar-refractivity contribution in [2.45, 2.75) is 53.0 Å². The molecule has 3 nitrogen and oxygen atoms in total. The number of rotatable bonds is 6. The second kappa shape index (κ2) is 5.67. The van der Waals surface area contributed by atoms with Crippen molar-refractivity contribution in [3.05, 3.63) is 0 Å². The Balaban J connectivity index is 4.62. The van der Waals surface area contributed by atoms with Crippen LogP contribution in [0.25, 0.3) is 0 Å². The SMILES string of the molecule is CCC(C)(C)CN(C)C(=O)C(C)(CC)NC. The van der Waals surface area contributed by atoms with Crippen molar-refractivity contribution in [2.75, 3.05) is 20.6 Å². The number of carbonyl (C=O) groups excluding carboxylic acids is 1. The van der Waals surface area contributed by atoms with Gasteiger partial charge in [-0.2, -0.15) is 0 Å². The second-order valence-electron chi connectivity index (χ2n) is 5.61. The van der Waals surface area contributed by atoms with Gasteiger partial charge in [-0.3, -0.25) is 4.79 Å². The monoisotopic (exact) mass is 228 g/mol. The molecule has 0 heterocycles. The average molecular weight is 228 g/mol. The summed E-state index contributed by atoms with van der Waals surface area (Å²) in [4.78, 5) is 14.1. The predicted octanol–water partition coefficient (Wildman–Crippen LogP) is 2.27. The zero-order valence-electron chi connectivity index (χ0n) is 12.0. The van der Waals surface area contributed by atoms with E-state index in [-0.39, 0.29) is 11.3 Å². The van der Waals surface area contributed by atoms with Gasteiger partial charge in [-0.1, -0.05) is 27.7 Å². The Hall–Kier alpha value is -0.570. The third-order valence-electron chi connectivity index (χ3n) is 3.70. The summed E-state index contributed by atoms with van der Waals surface area (Å²) >= 11 is 0. The molecule has 0 saturated carbocycles. The van der Waals surface area contributed by atoms with Crippen molar-refractivity contribution in [3.63, 3.8) is 0 Å². The van der Waals surface area contributed by atoms with Gasteiger partial charge < -0.3 is 10.2 Å². The fourth-order valence-corrected chi connectivity index (χ4v) is 1.68. The molecular formula is C13H28N2O. The molecule has 3 heteroatoms. The van der Waals surface area contributed by atoms with Crippen LogP contribution >= 0.6 is 0 Å². The maximum atomic E-state index is 12.3. The zero-order chi connectivity index (χ0) is 13.0. The van der Waals surface area contributed by atoms with Gasteiger partial charge >= 0.3 is 0 Å².